The van der Waals surface area contributed by atoms with Gasteiger partial charge in [0.25, 0.3) is 5.91 Å². The number of guanidine groups is 1. The summed E-state index contributed by atoms with van der Waals surface area (Å²) in [5.41, 5.74) is 6.54. The summed E-state index contributed by atoms with van der Waals surface area (Å²) in [4.78, 5) is 31.2. The molecule has 0 saturated heterocycles. The van der Waals surface area contributed by atoms with Crippen LogP contribution in [-0.4, -0.2) is 28.2 Å². The van der Waals surface area contributed by atoms with E-state index in [0.717, 1.165) is 5.56 Å². The Morgan fingerprint density at radius 3 is 2.48 bits per heavy atom. The molecule has 0 bridgehead atoms. The molecule has 2 aromatic rings. The minimum atomic E-state index is -0.668. The Labute approximate surface area is 182 Å². The molecule has 0 spiro atoms. The van der Waals surface area contributed by atoms with Crippen LogP contribution in [0.1, 0.15) is 61.6 Å². The lowest BCUT2D eigenvalue weighted by Gasteiger charge is -2.37. The third-order valence-corrected chi connectivity index (χ3v) is 6.00. The van der Waals surface area contributed by atoms with Gasteiger partial charge in [-0.2, -0.15) is 0 Å². The maximum atomic E-state index is 15.2. The van der Waals surface area contributed by atoms with Crippen molar-refractivity contribution >= 4 is 17.8 Å². The molecule has 2 atom stereocenters. The van der Waals surface area contributed by atoms with Gasteiger partial charge in [0.1, 0.15) is 5.82 Å². The van der Waals surface area contributed by atoms with Crippen molar-refractivity contribution in [2.24, 2.45) is 16.6 Å². The summed E-state index contributed by atoms with van der Waals surface area (Å²) in [5, 5.41) is 2.82. The zero-order valence-electron chi connectivity index (χ0n) is 18.4. The molecule has 3 N–H and O–H groups in total. The van der Waals surface area contributed by atoms with E-state index in [1.54, 1.807) is 12.1 Å². The third-order valence-electron chi connectivity index (χ3n) is 6.00. The number of hydrogen-bond donors (Lipinski definition) is 2. The Bertz CT molecular complexity index is 1010. The van der Waals surface area contributed by atoms with E-state index < -0.39 is 17.3 Å². The van der Waals surface area contributed by atoms with Gasteiger partial charge in [-0.15, -0.1) is 0 Å². The van der Waals surface area contributed by atoms with Gasteiger partial charge in [0.2, 0.25) is 5.91 Å². The van der Waals surface area contributed by atoms with Crippen LogP contribution in [0, 0.1) is 11.7 Å². The van der Waals surface area contributed by atoms with Gasteiger partial charge in [-0.05, 0) is 31.4 Å². The number of carbonyl (C=O) groups excluding carboxylic acids is 2. The second-order valence-electron chi connectivity index (χ2n) is 8.52. The van der Waals surface area contributed by atoms with Crippen molar-refractivity contribution < 1.29 is 14.0 Å². The molecule has 0 aliphatic carbocycles. The number of nitrogens with two attached hydrogens (primary N) is 1. The minimum absolute atomic E-state index is 0.0689. The van der Waals surface area contributed by atoms with Crippen molar-refractivity contribution in [1.82, 2.24) is 10.2 Å². The predicted octanol–water partition coefficient (Wildman–Crippen LogP) is 3.78. The zero-order valence-corrected chi connectivity index (χ0v) is 18.4. The van der Waals surface area contributed by atoms with Gasteiger partial charge in [0.15, 0.2) is 5.96 Å². The quantitative estimate of drug-likeness (QED) is 0.740. The topological polar surface area (TPSA) is 87.8 Å². The van der Waals surface area contributed by atoms with Gasteiger partial charge >= 0.3 is 0 Å². The number of nitrogens with one attached hydrogen (secondary N) is 1. The normalized spacial score (nSPS) is 19.9. The van der Waals surface area contributed by atoms with E-state index in [0.29, 0.717) is 0 Å². The summed E-state index contributed by atoms with van der Waals surface area (Å²) < 4.78 is 15.2. The van der Waals surface area contributed by atoms with Crippen LogP contribution in [0.15, 0.2) is 53.5 Å². The summed E-state index contributed by atoms with van der Waals surface area (Å²) in [5.74, 6) is -1.20. The van der Waals surface area contributed by atoms with E-state index >= 15 is 4.39 Å². The largest absolute Gasteiger partial charge is 0.369 e. The van der Waals surface area contributed by atoms with Crippen molar-refractivity contribution in [2.75, 3.05) is 0 Å². The third kappa shape index (κ3) is 4.76. The molecule has 1 aliphatic heterocycles. The number of hydrogen-bond acceptors (Lipinski definition) is 4. The van der Waals surface area contributed by atoms with Crippen LogP contribution in [0.3, 0.4) is 0 Å². The average Bonchev–Trinajstić information content (AvgIpc) is 2.72. The van der Waals surface area contributed by atoms with Crippen LogP contribution in [0.4, 0.5) is 4.39 Å². The fourth-order valence-electron chi connectivity index (χ4n) is 3.54. The molecule has 0 radical (unpaired) electrons. The highest BCUT2D eigenvalue weighted by Gasteiger charge is 2.38. The molecule has 1 heterocycles. The van der Waals surface area contributed by atoms with Gasteiger partial charge in [0, 0.05) is 5.56 Å². The van der Waals surface area contributed by atoms with Crippen LogP contribution < -0.4 is 11.1 Å². The highest BCUT2D eigenvalue weighted by atomic mass is 19.1. The maximum absolute atomic E-state index is 15.2. The molecule has 164 valence electrons. The standard InChI is InChI=1S/C24H29FN4O2/c1-15(2)24(4)13-20(30)29(23(26)28-24)14-18-11-8-12-19(21(18)25)22(31)27-16(3)17-9-6-5-7-10-17/h5-12,15-16H,13-14H2,1-4H3,(H2,26,28)(H,27,31). The number of rotatable bonds is 6. The fourth-order valence-corrected chi connectivity index (χ4v) is 3.54. The van der Waals surface area contributed by atoms with Gasteiger partial charge in [-0.3, -0.25) is 14.5 Å². The average molecular weight is 425 g/mol. The number of nitrogens with zero attached hydrogens (tertiary/aromatic N) is 2. The van der Waals surface area contributed by atoms with Crippen molar-refractivity contribution in [3.63, 3.8) is 0 Å². The SMILES string of the molecule is CC(NC(=O)c1cccc(CN2C(=O)CC(C)(C(C)C)N=C2N)c1F)c1ccccc1. The summed E-state index contributed by atoms with van der Waals surface area (Å²) in [7, 11) is 0. The van der Waals surface area contributed by atoms with Crippen molar-refractivity contribution in [3.8, 4) is 0 Å². The highest BCUT2D eigenvalue weighted by Crippen LogP contribution is 2.30. The summed E-state index contributed by atoms with van der Waals surface area (Å²) in [6.45, 7) is 7.61. The lowest BCUT2D eigenvalue weighted by molar-refractivity contribution is -0.130. The summed E-state index contributed by atoms with van der Waals surface area (Å²) >= 11 is 0. The van der Waals surface area contributed by atoms with Crippen LogP contribution in [0.5, 0.6) is 0 Å². The Kier molecular flexibility index (Phi) is 6.43. The predicted molar refractivity (Wildman–Crippen MR) is 119 cm³/mol. The molecule has 2 aromatic carbocycles. The second-order valence-corrected chi connectivity index (χ2v) is 8.52. The number of aliphatic imine (C=N–C) groups is 1. The Balaban J connectivity index is 1.80. The molecule has 0 aromatic heterocycles. The summed E-state index contributed by atoms with van der Waals surface area (Å²) in [6.07, 6.45) is 0.196. The molecule has 0 saturated carbocycles. The number of halogens is 1. The first kappa shape index (κ1) is 22.5. The molecular formula is C24H29FN4O2. The molecule has 1 aliphatic rings. The molecule has 7 heteroatoms. The van der Waals surface area contributed by atoms with Gasteiger partial charge < -0.3 is 11.1 Å². The highest BCUT2D eigenvalue weighted by molar-refractivity contribution is 5.99. The molecule has 3 rings (SSSR count). The maximum Gasteiger partial charge on any atom is 0.254 e. The van der Waals surface area contributed by atoms with Crippen molar-refractivity contribution in [3.05, 3.63) is 71.0 Å². The first-order valence-electron chi connectivity index (χ1n) is 10.4. The molecule has 6 nitrogen and oxygen atoms in total. The van der Waals surface area contributed by atoms with E-state index in [-0.39, 0.29) is 47.9 Å². The smallest absolute Gasteiger partial charge is 0.254 e. The zero-order chi connectivity index (χ0) is 22.8. The van der Waals surface area contributed by atoms with E-state index in [2.05, 4.69) is 10.3 Å². The molecule has 0 fully saturated rings. The first-order chi connectivity index (χ1) is 14.6. The van der Waals surface area contributed by atoms with Crippen molar-refractivity contribution in [1.29, 1.82) is 0 Å². The van der Waals surface area contributed by atoms with Gasteiger partial charge in [0.05, 0.1) is 30.1 Å². The fraction of sp³-hybridized carbons (Fsp3) is 0.375. The van der Waals surface area contributed by atoms with E-state index in [1.807, 2.05) is 58.0 Å². The Morgan fingerprint density at radius 1 is 1.19 bits per heavy atom. The molecular weight excluding hydrogens is 395 g/mol. The lowest BCUT2D eigenvalue weighted by atomic mass is 9.84. The Morgan fingerprint density at radius 2 is 1.87 bits per heavy atom. The molecule has 2 amide bonds. The second kappa shape index (κ2) is 8.88. The number of benzene rings is 2. The lowest BCUT2D eigenvalue weighted by Crippen LogP contribution is -2.51. The molecule has 2 unspecified atom stereocenters. The number of amides is 2. The van der Waals surface area contributed by atoms with Crippen LogP contribution in [0.25, 0.3) is 0 Å². The van der Waals surface area contributed by atoms with Gasteiger partial charge in [-0.25, -0.2) is 9.38 Å². The van der Waals surface area contributed by atoms with Gasteiger partial charge in [-0.1, -0.05) is 56.3 Å². The Hall–Kier alpha value is -3.22. The molecule has 31 heavy (non-hydrogen) atoms. The van der Waals surface area contributed by atoms with Crippen molar-refractivity contribution in [2.45, 2.75) is 52.2 Å². The monoisotopic (exact) mass is 424 g/mol. The van der Waals surface area contributed by atoms with E-state index in [9.17, 15) is 9.59 Å². The first-order valence-corrected chi connectivity index (χ1v) is 10.4. The minimum Gasteiger partial charge on any atom is -0.369 e. The van der Waals surface area contributed by atoms with E-state index in [1.165, 1.54) is 11.0 Å². The number of carbonyl (C=O) groups is 2. The van der Waals surface area contributed by atoms with E-state index in [4.69, 9.17) is 5.73 Å². The van der Waals surface area contributed by atoms with Crippen LogP contribution in [0.2, 0.25) is 0 Å². The summed E-state index contributed by atoms with van der Waals surface area (Å²) in [6, 6.07) is 13.7. The van der Waals surface area contributed by atoms with Crippen LogP contribution in [-0.2, 0) is 11.3 Å². The van der Waals surface area contributed by atoms with Crippen LogP contribution >= 0.6 is 0 Å².